The summed E-state index contributed by atoms with van der Waals surface area (Å²) in [4.78, 5) is 12.7. The topological polar surface area (TPSA) is 34.9 Å². The van der Waals surface area contributed by atoms with E-state index >= 15 is 0 Å². The van der Waals surface area contributed by atoms with Crippen LogP contribution >= 0.6 is 35.1 Å². The van der Waals surface area contributed by atoms with E-state index in [0.717, 1.165) is 5.75 Å². The van der Waals surface area contributed by atoms with Crippen molar-refractivity contribution in [3.63, 3.8) is 0 Å². The zero-order valence-electron chi connectivity index (χ0n) is 11.6. The number of Topliss-reactive ketones (excluding diaryl/α,β-unsaturated/α-hetero) is 1. The highest BCUT2D eigenvalue weighted by molar-refractivity contribution is 8.08. The van der Waals surface area contributed by atoms with Crippen LogP contribution in [-0.4, -0.2) is 37.1 Å². The lowest BCUT2D eigenvalue weighted by atomic mass is 10.2. The van der Waals surface area contributed by atoms with E-state index in [1.807, 2.05) is 25.6 Å². The van der Waals surface area contributed by atoms with Crippen molar-refractivity contribution in [2.45, 2.75) is 49.5 Å². The van der Waals surface area contributed by atoms with Crippen LogP contribution in [0.5, 0.6) is 0 Å². The first-order valence-corrected chi connectivity index (χ1v) is 8.83. The summed E-state index contributed by atoms with van der Waals surface area (Å²) in [5.74, 6) is 0.974. The second kappa shape index (κ2) is 6.10. The summed E-state index contributed by atoms with van der Waals surface area (Å²) < 4.78 is 1.73. The van der Waals surface area contributed by atoms with Crippen LogP contribution in [0.3, 0.4) is 0 Å². The van der Waals surface area contributed by atoms with E-state index in [9.17, 15) is 4.79 Å². The molecule has 19 heavy (non-hydrogen) atoms. The summed E-state index contributed by atoms with van der Waals surface area (Å²) in [7, 11) is 0. The molecule has 1 aromatic heterocycles. The number of carbonyl (C=O) groups is 1. The minimum absolute atomic E-state index is 0.0112. The van der Waals surface area contributed by atoms with E-state index in [0.29, 0.717) is 21.2 Å². The van der Waals surface area contributed by atoms with E-state index in [1.165, 1.54) is 0 Å². The smallest absolute Gasteiger partial charge is 0.196 e. The van der Waals surface area contributed by atoms with Crippen LogP contribution < -0.4 is 0 Å². The molecule has 0 amide bonds. The second-order valence-corrected chi connectivity index (χ2v) is 8.51. The Morgan fingerprint density at radius 3 is 2.74 bits per heavy atom. The molecule has 1 saturated heterocycles. The molecule has 6 heteroatoms. The highest BCUT2D eigenvalue weighted by Gasteiger charge is 2.33. The predicted molar refractivity (Wildman–Crippen MR) is 84.7 cm³/mol. The molecule has 1 aliphatic rings. The average molecular weight is 319 g/mol. The van der Waals surface area contributed by atoms with Crippen molar-refractivity contribution in [2.24, 2.45) is 0 Å². The normalized spacial score (nSPS) is 27.8. The molecule has 0 saturated carbocycles. The molecule has 2 rings (SSSR count). The third-order valence-corrected chi connectivity index (χ3v) is 6.98. The van der Waals surface area contributed by atoms with Gasteiger partial charge in [-0.2, -0.15) is 16.9 Å². The Kier molecular flexibility index (Phi) is 4.90. The Morgan fingerprint density at radius 2 is 2.16 bits per heavy atom. The number of carbonyl (C=O) groups excluding carboxylic acids is 1. The fourth-order valence-corrected chi connectivity index (χ4v) is 5.11. The van der Waals surface area contributed by atoms with Crippen molar-refractivity contribution in [1.82, 2.24) is 9.78 Å². The van der Waals surface area contributed by atoms with Gasteiger partial charge in [-0.05, 0) is 13.8 Å². The van der Waals surface area contributed by atoms with Crippen LogP contribution in [0.15, 0.2) is 6.20 Å². The van der Waals surface area contributed by atoms with E-state index < -0.39 is 0 Å². The molecule has 0 N–H and O–H groups in total. The third kappa shape index (κ3) is 3.14. The number of thioether (sulfide) groups is 2. The van der Waals surface area contributed by atoms with E-state index in [-0.39, 0.29) is 17.1 Å². The van der Waals surface area contributed by atoms with E-state index in [2.05, 4.69) is 18.9 Å². The Hall–Kier alpha value is -0.130. The van der Waals surface area contributed by atoms with Crippen LogP contribution in [0.2, 0.25) is 5.02 Å². The molecule has 3 nitrogen and oxygen atoms in total. The maximum absolute atomic E-state index is 12.7. The molecule has 0 spiro atoms. The molecular weight excluding hydrogens is 300 g/mol. The Labute approximate surface area is 127 Å². The number of ketones is 1. The van der Waals surface area contributed by atoms with Crippen molar-refractivity contribution in [3.05, 3.63) is 16.9 Å². The third-order valence-electron chi connectivity index (χ3n) is 3.32. The van der Waals surface area contributed by atoms with E-state index in [1.54, 1.807) is 22.6 Å². The molecule has 0 radical (unpaired) electrons. The number of hydrogen-bond acceptors (Lipinski definition) is 4. The first-order valence-electron chi connectivity index (χ1n) is 6.46. The maximum Gasteiger partial charge on any atom is 0.196 e. The molecular formula is C13H19ClN2OS2. The highest BCUT2D eigenvalue weighted by atomic mass is 35.5. The Balaban J connectivity index is 2.23. The fraction of sp³-hybridized carbons (Fsp3) is 0.692. The molecule has 0 aliphatic carbocycles. The number of rotatable bonds is 3. The Bertz CT molecular complexity index is 475. The lowest BCUT2D eigenvalue weighted by Crippen LogP contribution is -2.33. The van der Waals surface area contributed by atoms with Crippen LogP contribution in [0.4, 0.5) is 0 Å². The Morgan fingerprint density at radius 1 is 1.47 bits per heavy atom. The van der Waals surface area contributed by atoms with Gasteiger partial charge in [0.2, 0.25) is 0 Å². The predicted octanol–water partition coefficient (Wildman–Crippen LogP) is 3.93. The van der Waals surface area contributed by atoms with Gasteiger partial charge in [0.05, 0.1) is 16.5 Å². The standard InChI is InChI=1S/C13H19ClN2OS2/c1-7(2)16-12(10(14)5-15-16)13(17)11-6-18-8(3)9(4)19-11/h5,7-9,11H,6H2,1-4H3. The number of halogens is 1. The summed E-state index contributed by atoms with van der Waals surface area (Å²) in [5.41, 5.74) is 0.566. The van der Waals surface area contributed by atoms with Crippen molar-refractivity contribution in [3.8, 4) is 0 Å². The molecule has 106 valence electrons. The van der Waals surface area contributed by atoms with E-state index in [4.69, 9.17) is 11.6 Å². The summed E-state index contributed by atoms with van der Waals surface area (Å²) in [6.07, 6.45) is 1.57. The minimum atomic E-state index is -0.0112. The maximum atomic E-state index is 12.7. The molecule has 2 heterocycles. The lowest BCUT2D eigenvalue weighted by Gasteiger charge is -2.30. The first-order chi connectivity index (χ1) is 8.91. The van der Waals surface area contributed by atoms with Crippen LogP contribution in [-0.2, 0) is 0 Å². The van der Waals surface area contributed by atoms with Gasteiger partial charge in [-0.1, -0.05) is 25.4 Å². The summed E-state index contributed by atoms with van der Waals surface area (Å²) in [5, 5.41) is 5.75. The van der Waals surface area contributed by atoms with Crippen molar-refractivity contribution in [1.29, 1.82) is 0 Å². The highest BCUT2D eigenvalue weighted by Crippen LogP contribution is 2.37. The molecule has 0 bridgehead atoms. The average Bonchev–Trinajstić information content (AvgIpc) is 2.74. The molecule has 0 aromatic carbocycles. The van der Waals surface area contributed by atoms with Gasteiger partial charge in [0.1, 0.15) is 5.69 Å². The quantitative estimate of drug-likeness (QED) is 0.791. The zero-order chi connectivity index (χ0) is 14.2. The van der Waals surface area contributed by atoms with Crippen molar-refractivity contribution in [2.75, 3.05) is 5.75 Å². The number of aromatic nitrogens is 2. The van der Waals surface area contributed by atoms with Gasteiger partial charge in [-0.15, -0.1) is 11.8 Å². The van der Waals surface area contributed by atoms with Crippen molar-refractivity contribution < 1.29 is 4.79 Å². The second-order valence-electron chi connectivity index (χ2n) is 5.11. The first kappa shape index (κ1) is 15.3. The SMILES string of the molecule is CC1SCC(C(=O)c2c(Cl)cnn2C(C)C)SC1C. The summed E-state index contributed by atoms with van der Waals surface area (Å²) >= 11 is 9.77. The van der Waals surface area contributed by atoms with Gasteiger partial charge in [0, 0.05) is 22.3 Å². The van der Waals surface area contributed by atoms with Gasteiger partial charge in [-0.3, -0.25) is 9.48 Å². The van der Waals surface area contributed by atoms with Gasteiger partial charge in [-0.25, -0.2) is 0 Å². The minimum Gasteiger partial charge on any atom is -0.291 e. The molecule has 3 atom stereocenters. The monoisotopic (exact) mass is 318 g/mol. The van der Waals surface area contributed by atoms with Crippen LogP contribution in [0.1, 0.15) is 44.2 Å². The number of nitrogens with zero attached hydrogens (tertiary/aromatic N) is 2. The summed E-state index contributed by atoms with van der Waals surface area (Å²) in [6.45, 7) is 8.42. The largest absolute Gasteiger partial charge is 0.291 e. The van der Waals surface area contributed by atoms with Gasteiger partial charge < -0.3 is 0 Å². The molecule has 3 unspecified atom stereocenters. The van der Waals surface area contributed by atoms with Crippen LogP contribution in [0.25, 0.3) is 0 Å². The van der Waals surface area contributed by atoms with Gasteiger partial charge in [0.25, 0.3) is 0 Å². The summed E-state index contributed by atoms with van der Waals surface area (Å²) in [6, 6.07) is 0.143. The number of hydrogen-bond donors (Lipinski definition) is 0. The zero-order valence-corrected chi connectivity index (χ0v) is 14.0. The fourth-order valence-electron chi connectivity index (χ4n) is 2.04. The molecule has 1 aliphatic heterocycles. The van der Waals surface area contributed by atoms with Gasteiger partial charge in [0.15, 0.2) is 5.78 Å². The lowest BCUT2D eigenvalue weighted by molar-refractivity contribution is 0.0983. The molecule has 1 fully saturated rings. The van der Waals surface area contributed by atoms with Gasteiger partial charge >= 0.3 is 0 Å². The van der Waals surface area contributed by atoms with Crippen molar-refractivity contribution >= 4 is 40.9 Å². The molecule has 1 aromatic rings. The van der Waals surface area contributed by atoms with Crippen LogP contribution in [0, 0.1) is 0 Å².